The topological polar surface area (TPSA) is 68.5 Å². The Hall–Kier alpha value is -3.03. The highest BCUT2D eigenvalue weighted by Gasteiger charge is 2.14. The van der Waals surface area contributed by atoms with Crippen LogP contribution in [0.1, 0.15) is 11.3 Å². The van der Waals surface area contributed by atoms with E-state index in [0.717, 1.165) is 45.2 Å². The zero-order valence-electron chi connectivity index (χ0n) is 17.8. The van der Waals surface area contributed by atoms with Gasteiger partial charge in [-0.25, -0.2) is 9.50 Å². The molecule has 4 aromatic rings. The van der Waals surface area contributed by atoms with Crippen LogP contribution in [-0.2, 0) is 11.2 Å². The fraction of sp³-hybridized carbons (Fsp3) is 0.208. The molecule has 0 atom stereocenters. The van der Waals surface area contributed by atoms with Gasteiger partial charge in [0.25, 0.3) is 0 Å². The molecule has 2 heterocycles. The van der Waals surface area contributed by atoms with Gasteiger partial charge in [-0.2, -0.15) is 5.10 Å². The minimum atomic E-state index is -0.0193. The number of nitrogens with zero attached hydrogens (tertiary/aromatic N) is 3. The number of amides is 1. The maximum Gasteiger partial charge on any atom is 0.230 e. The number of benzene rings is 2. The van der Waals surface area contributed by atoms with Crippen molar-refractivity contribution < 1.29 is 9.53 Å². The van der Waals surface area contributed by atoms with Crippen molar-refractivity contribution in [2.24, 2.45) is 0 Å². The van der Waals surface area contributed by atoms with Crippen molar-refractivity contribution in [2.45, 2.75) is 18.4 Å². The van der Waals surface area contributed by atoms with Crippen molar-refractivity contribution in [1.82, 2.24) is 19.9 Å². The van der Waals surface area contributed by atoms with Gasteiger partial charge in [0.2, 0.25) is 5.91 Å². The summed E-state index contributed by atoms with van der Waals surface area (Å²) in [5.74, 6) is 1.08. The standard InChI is InChI=1S/C24H23ClN4O2S/c1-16-13-23(32-15-22(30)26-12-11-17-3-7-19(25)8-4-17)29-24(28-16)21(14-27-29)18-5-9-20(31-2)10-6-18/h3-10,13-14H,11-12,15H2,1-2H3,(H,26,30). The fourth-order valence-corrected chi connectivity index (χ4v) is 4.33. The first-order valence-corrected chi connectivity index (χ1v) is 11.5. The zero-order chi connectivity index (χ0) is 22.5. The highest BCUT2D eigenvalue weighted by Crippen LogP contribution is 2.28. The number of halogens is 1. The Morgan fingerprint density at radius 1 is 1.16 bits per heavy atom. The van der Waals surface area contributed by atoms with Gasteiger partial charge in [-0.3, -0.25) is 4.79 Å². The lowest BCUT2D eigenvalue weighted by molar-refractivity contribution is -0.118. The van der Waals surface area contributed by atoms with Crippen LogP contribution >= 0.6 is 23.4 Å². The second kappa shape index (κ2) is 10.1. The van der Waals surface area contributed by atoms with Crippen LogP contribution in [0.5, 0.6) is 5.75 Å². The molecule has 0 bridgehead atoms. The van der Waals surface area contributed by atoms with Crippen molar-refractivity contribution >= 4 is 34.9 Å². The number of rotatable bonds is 8. The molecule has 0 fully saturated rings. The molecule has 0 saturated carbocycles. The number of aryl methyl sites for hydroxylation is 1. The van der Waals surface area contributed by atoms with E-state index in [9.17, 15) is 4.79 Å². The van der Waals surface area contributed by atoms with Crippen LogP contribution in [0.4, 0.5) is 0 Å². The van der Waals surface area contributed by atoms with Gasteiger partial charge in [-0.05, 0) is 54.8 Å². The van der Waals surface area contributed by atoms with E-state index < -0.39 is 0 Å². The number of nitrogens with one attached hydrogen (secondary N) is 1. The summed E-state index contributed by atoms with van der Waals surface area (Å²) in [4.78, 5) is 17.0. The smallest absolute Gasteiger partial charge is 0.230 e. The highest BCUT2D eigenvalue weighted by molar-refractivity contribution is 7.99. The number of fused-ring (bicyclic) bond motifs is 1. The second-order valence-electron chi connectivity index (χ2n) is 7.27. The molecule has 2 aromatic heterocycles. The number of thioether (sulfide) groups is 1. The Labute approximate surface area is 196 Å². The van der Waals surface area contributed by atoms with Crippen molar-refractivity contribution in [3.63, 3.8) is 0 Å². The summed E-state index contributed by atoms with van der Waals surface area (Å²) in [5.41, 5.74) is 4.72. The molecule has 0 aliphatic rings. The molecule has 0 unspecified atom stereocenters. The number of hydrogen-bond donors (Lipinski definition) is 1. The summed E-state index contributed by atoms with van der Waals surface area (Å²) in [5, 5.41) is 9.08. The third-order valence-corrected chi connectivity index (χ3v) is 6.21. The highest BCUT2D eigenvalue weighted by atomic mass is 35.5. The quantitative estimate of drug-likeness (QED) is 0.298. The van der Waals surface area contributed by atoms with Gasteiger partial charge < -0.3 is 10.1 Å². The van der Waals surface area contributed by atoms with Gasteiger partial charge in [0.1, 0.15) is 10.8 Å². The first kappa shape index (κ1) is 22.2. The van der Waals surface area contributed by atoms with E-state index in [1.165, 1.54) is 11.8 Å². The molecule has 0 aliphatic carbocycles. The monoisotopic (exact) mass is 466 g/mol. The zero-order valence-corrected chi connectivity index (χ0v) is 19.4. The molecule has 164 valence electrons. The maximum atomic E-state index is 12.4. The number of carbonyl (C=O) groups excluding carboxylic acids is 1. The predicted octanol–water partition coefficient (Wildman–Crippen LogP) is 4.82. The van der Waals surface area contributed by atoms with Crippen LogP contribution in [0, 0.1) is 6.92 Å². The van der Waals surface area contributed by atoms with Gasteiger partial charge in [-0.1, -0.05) is 47.6 Å². The normalized spacial score (nSPS) is 11.0. The maximum absolute atomic E-state index is 12.4. The van der Waals surface area contributed by atoms with E-state index in [1.54, 1.807) is 17.8 Å². The van der Waals surface area contributed by atoms with Crippen molar-refractivity contribution in [3.05, 3.63) is 77.1 Å². The third-order valence-electron chi connectivity index (χ3n) is 4.97. The van der Waals surface area contributed by atoms with Gasteiger partial charge in [0.15, 0.2) is 5.65 Å². The fourth-order valence-electron chi connectivity index (χ4n) is 3.31. The molecule has 0 saturated heterocycles. The molecule has 8 heteroatoms. The summed E-state index contributed by atoms with van der Waals surface area (Å²) in [7, 11) is 1.65. The van der Waals surface area contributed by atoms with Gasteiger partial charge in [0.05, 0.1) is 19.1 Å². The predicted molar refractivity (Wildman–Crippen MR) is 129 cm³/mol. The van der Waals surface area contributed by atoms with Crippen LogP contribution in [0.3, 0.4) is 0 Å². The van der Waals surface area contributed by atoms with Gasteiger partial charge in [-0.15, -0.1) is 0 Å². The van der Waals surface area contributed by atoms with Crippen molar-refractivity contribution in [3.8, 4) is 16.9 Å². The van der Waals surface area contributed by atoms with Crippen LogP contribution < -0.4 is 10.1 Å². The number of hydrogen-bond acceptors (Lipinski definition) is 5. The van der Waals surface area contributed by atoms with Gasteiger partial charge in [0, 0.05) is 22.8 Å². The van der Waals surface area contributed by atoms with Crippen LogP contribution in [0.15, 0.2) is 65.8 Å². The SMILES string of the molecule is COc1ccc(-c2cnn3c(SCC(=O)NCCc4ccc(Cl)cc4)cc(C)nc23)cc1. The molecule has 0 radical (unpaired) electrons. The average molecular weight is 467 g/mol. The van der Waals surface area contributed by atoms with E-state index in [4.69, 9.17) is 16.3 Å². The van der Waals surface area contributed by atoms with E-state index in [2.05, 4.69) is 15.4 Å². The molecule has 32 heavy (non-hydrogen) atoms. The minimum absolute atomic E-state index is 0.0193. The third kappa shape index (κ3) is 5.23. The van der Waals surface area contributed by atoms with Crippen LogP contribution in [-0.4, -0.2) is 39.9 Å². The average Bonchev–Trinajstić information content (AvgIpc) is 3.22. The van der Waals surface area contributed by atoms with E-state index in [0.29, 0.717) is 17.3 Å². The Kier molecular flexibility index (Phi) is 6.97. The molecule has 2 aromatic carbocycles. The first-order valence-electron chi connectivity index (χ1n) is 10.2. The summed E-state index contributed by atoms with van der Waals surface area (Å²) in [6.45, 7) is 2.52. The van der Waals surface area contributed by atoms with Crippen LogP contribution in [0.2, 0.25) is 5.02 Å². The number of carbonyl (C=O) groups is 1. The lowest BCUT2D eigenvalue weighted by atomic mass is 10.1. The molecule has 0 aliphatic heterocycles. The van der Waals surface area contributed by atoms with E-state index in [1.807, 2.05) is 61.5 Å². The molecule has 6 nitrogen and oxygen atoms in total. The Bertz CT molecular complexity index is 1220. The molecular formula is C24H23ClN4O2S. The largest absolute Gasteiger partial charge is 0.497 e. The lowest BCUT2D eigenvalue weighted by Crippen LogP contribution is -2.27. The summed E-state index contributed by atoms with van der Waals surface area (Å²) in [6.07, 6.45) is 2.57. The van der Waals surface area contributed by atoms with Crippen molar-refractivity contribution in [2.75, 3.05) is 19.4 Å². The number of methoxy groups -OCH3 is 1. The summed E-state index contributed by atoms with van der Waals surface area (Å²) in [6, 6.07) is 17.4. The van der Waals surface area contributed by atoms with Gasteiger partial charge >= 0.3 is 0 Å². The second-order valence-corrected chi connectivity index (χ2v) is 8.71. The number of ether oxygens (including phenoxy) is 1. The molecule has 1 amide bonds. The number of aromatic nitrogens is 3. The first-order chi connectivity index (χ1) is 15.5. The molecule has 4 rings (SSSR count). The summed E-state index contributed by atoms with van der Waals surface area (Å²) < 4.78 is 7.03. The molecule has 0 spiro atoms. The van der Waals surface area contributed by atoms with Crippen molar-refractivity contribution in [1.29, 1.82) is 0 Å². The minimum Gasteiger partial charge on any atom is -0.497 e. The summed E-state index contributed by atoms with van der Waals surface area (Å²) >= 11 is 7.35. The molecular weight excluding hydrogens is 444 g/mol. The Balaban J connectivity index is 1.42. The molecule has 1 N–H and O–H groups in total. The Morgan fingerprint density at radius 3 is 2.62 bits per heavy atom. The lowest BCUT2D eigenvalue weighted by Gasteiger charge is -2.08. The van der Waals surface area contributed by atoms with E-state index >= 15 is 0 Å². The Morgan fingerprint density at radius 2 is 1.91 bits per heavy atom. The van der Waals surface area contributed by atoms with Crippen LogP contribution in [0.25, 0.3) is 16.8 Å². The van der Waals surface area contributed by atoms with E-state index in [-0.39, 0.29) is 5.91 Å².